The summed E-state index contributed by atoms with van der Waals surface area (Å²) in [5.41, 5.74) is 1.32. The normalized spacial score (nSPS) is 10.3. The second-order valence-corrected chi connectivity index (χ2v) is 5.48. The number of carbonyl (C=O) groups is 1. The molecule has 132 valence electrons. The van der Waals surface area contributed by atoms with E-state index in [1.807, 2.05) is 0 Å². The molecule has 0 saturated carbocycles. The lowest BCUT2D eigenvalue weighted by Crippen LogP contribution is -2.11. The van der Waals surface area contributed by atoms with Crippen molar-refractivity contribution in [2.45, 2.75) is 0 Å². The van der Waals surface area contributed by atoms with Crippen molar-refractivity contribution in [2.75, 3.05) is 17.7 Å². The Labute approximate surface area is 149 Å². The Balaban J connectivity index is 1.68. The number of amides is 1. The lowest BCUT2D eigenvalue weighted by molar-refractivity contribution is 0.102. The molecule has 0 aliphatic rings. The molecule has 0 bridgehead atoms. The van der Waals surface area contributed by atoms with Gasteiger partial charge in [-0.05, 0) is 60.7 Å². The summed E-state index contributed by atoms with van der Waals surface area (Å²) in [5.74, 6) is -0.963. The van der Waals surface area contributed by atoms with Crippen molar-refractivity contribution in [1.29, 1.82) is 0 Å². The van der Waals surface area contributed by atoms with Crippen molar-refractivity contribution in [1.82, 2.24) is 0 Å². The Morgan fingerprint density at radius 2 is 1.42 bits per heavy atom. The van der Waals surface area contributed by atoms with E-state index in [0.717, 1.165) is 0 Å². The number of carbonyl (C=O) groups excluding carboxylic acids is 1. The molecule has 0 fully saturated rings. The SMILES string of the molecule is COc1ccc(C(=O)Nc2ccc(Nc3c(F)cccc3F)cc2)cc1. The smallest absolute Gasteiger partial charge is 0.255 e. The molecule has 6 heteroatoms. The van der Waals surface area contributed by atoms with Gasteiger partial charge in [0, 0.05) is 16.9 Å². The highest BCUT2D eigenvalue weighted by Crippen LogP contribution is 2.24. The minimum Gasteiger partial charge on any atom is -0.497 e. The van der Waals surface area contributed by atoms with Crippen LogP contribution in [-0.2, 0) is 0 Å². The zero-order valence-electron chi connectivity index (χ0n) is 13.9. The highest BCUT2D eigenvalue weighted by molar-refractivity contribution is 6.04. The monoisotopic (exact) mass is 354 g/mol. The largest absolute Gasteiger partial charge is 0.497 e. The standard InChI is InChI=1S/C20H16F2N2O2/c1-26-16-11-5-13(6-12-16)20(25)24-15-9-7-14(8-10-15)23-19-17(21)3-2-4-18(19)22/h2-12,23H,1H3,(H,24,25). The van der Waals surface area contributed by atoms with Crippen LogP contribution >= 0.6 is 0 Å². The van der Waals surface area contributed by atoms with Crippen LogP contribution in [0.25, 0.3) is 0 Å². The van der Waals surface area contributed by atoms with Crippen molar-refractivity contribution >= 4 is 23.0 Å². The van der Waals surface area contributed by atoms with Gasteiger partial charge in [0.15, 0.2) is 0 Å². The lowest BCUT2D eigenvalue weighted by atomic mass is 10.2. The van der Waals surface area contributed by atoms with Gasteiger partial charge in [-0.15, -0.1) is 0 Å². The number of nitrogens with one attached hydrogen (secondary N) is 2. The third-order valence-corrected chi connectivity index (χ3v) is 3.73. The van der Waals surface area contributed by atoms with E-state index in [2.05, 4.69) is 10.6 Å². The van der Waals surface area contributed by atoms with E-state index >= 15 is 0 Å². The Morgan fingerprint density at radius 1 is 0.846 bits per heavy atom. The van der Waals surface area contributed by atoms with E-state index in [1.165, 1.54) is 18.2 Å². The van der Waals surface area contributed by atoms with Gasteiger partial charge in [0.1, 0.15) is 23.1 Å². The minimum absolute atomic E-state index is 0.220. The Kier molecular flexibility index (Phi) is 5.12. The number of para-hydroxylation sites is 1. The van der Waals surface area contributed by atoms with E-state index in [0.29, 0.717) is 22.7 Å². The van der Waals surface area contributed by atoms with Crippen molar-refractivity contribution in [3.63, 3.8) is 0 Å². The van der Waals surface area contributed by atoms with Crippen LogP contribution in [0.4, 0.5) is 25.8 Å². The molecule has 0 atom stereocenters. The summed E-state index contributed by atoms with van der Waals surface area (Å²) in [6.45, 7) is 0. The van der Waals surface area contributed by atoms with Gasteiger partial charge in [-0.3, -0.25) is 4.79 Å². The molecule has 4 nitrogen and oxygen atoms in total. The van der Waals surface area contributed by atoms with Crippen molar-refractivity contribution in [3.8, 4) is 5.75 Å². The first kappa shape index (κ1) is 17.4. The van der Waals surface area contributed by atoms with E-state index in [9.17, 15) is 13.6 Å². The zero-order valence-corrected chi connectivity index (χ0v) is 13.9. The molecular formula is C20H16F2N2O2. The third kappa shape index (κ3) is 3.97. The first-order valence-electron chi connectivity index (χ1n) is 7.83. The van der Waals surface area contributed by atoms with E-state index in [4.69, 9.17) is 4.74 Å². The van der Waals surface area contributed by atoms with Crippen molar-refractivity contribution in [2.24, 2.45) is 0 Å². The maximum Gasteiger partial charge on any atom is 0.255 e. The highest BCUT2D eigenvalue weighted by atomic mass is 19.1. The molecule has 0 heterocycles. The van der Waals surface area contributed by atoms with Crippen LogP contribution < -0.4 is 15.4 Å². The first-order valence-corrected chi connectivity index (χ1v) is 7.83. The fourth-order valence-electron chi connectivity index (χ4n) is 2.34. The van der Waals surface area contributed by atoms with Crippen LogP contribution in [0.1, 0.15) is 10.4 Å². The Hall–Kier alpha value is -3.41. The van der Waals surface area contributed by atoms with Crippen LogP contribution in [-0.4, -0.2) is 13.0 Å². The van der Waals surface area contributed by atoms with Crippen LogP contribution in [0.2, 0.25) is 0 Å². The number of halogens is 2. The number of rotatable bonds is 5. The highest BCUT2D eigenvalue weighted by Gasteiger charge is 2.09. The molecule has 0 unspecified atom stereocenters. The fourth-order valence-corrected chi connectivity index (χ4v) is 2.34. The lowest BCUT2D eigenvalue weighted by Gasteiger charge is -2.10. The van der Waals surface area contributed by atoms with Crippen LogP contribution in [0, 0.1) is 11.6 Å². The molecule has 0 aliphatic carbocycles. The molecule has 0 saturated heterocycles. The molecule has 0 radical (unpaired) electrons. The summed E-state index contributed by atoms with van der Waals surface area (Å²) in [5, 5.41) is 5.44. The molecule has 2 N–H and O–H groups in total. The number of methoxy groups -OCH3 is 1. The summed E-state index contributed by atoms with van der Waals surface area (Å²) in [6.07, 6.45) is 0. The summed E-state index contributed by atoms with van der Waals surface area (Å²) in [6, 6.07) is 16.9. The summed E-state index contributed by atoms with van der Waals surface area (Å²) in [7, 11) is 1.55. The van der Waals surface area contributed by atoms with Crippen molar-refractivity contribution < 1.29 is 18.3 Å². The van der Waals surface area contributed by atoms with Gasteiger partial charge in [-0.25, -0.2) is 8.78 Å². The Morgan fingerprint density at radius 3 is 2.00 bits per heavy atom. The predicted molar refractivity (Wildman–Crippen MR) is 97.0 cm³/mol. The summed E-state index contributed by atoms with van der Waals surface area (Å²) >= 11 is 0. The molecule has 1 amide bonds. The van der Waals surface area contributed by atoms with Gasteiger partial charge in [-0.2, -0.15) is 0 Å². The number of hydrogen-bond acceptors (Lipinski definition) is 3. The molecule has 0 aromatic heterocycles. The molecule has 0 aliphatic heterocycles. The van der Waals surface area contributed by atoms with Crippen molar-refractivity contribution in [3.05, 3.63) is 83.9 Å². The average Bonchev–Trinajstić information content (AvgIpc) is 2.66. The molecule has 3 aromatic rings. The maximum absolute atomic E-state index is 13.7. The zero-order chi connectivity index (χ0) is 18.5. The number of anilines is 3. The average molecular weight is 354 g/mol. The second-order valence-electron chi connectivity index (χ2n) is 5.48. The topological polar surface area (TPSA) is 50.4 Å². The van der Waals surface area contributed by atoms with Crippen LogP contribution in [0.5, 0.6) is 5.75 Å². The van der Waals surface area contributed by atoms with Gasteiger partial charge in [-0.1, -0.05) is 6.07 Å². The van der Waals surface area contributed by atoms with Gasteiger partial charge >= 0.3 is 0 Å². The van der Waals surface area contributed by atoms with E-state index in [-0.39, 0.29) is 11.6 Å². The summed E-state index contributed by atoms with van der Waals surface area (Å²) in [4.78, 5) is 12.2. The second kappa shape index (κ2) is 7.65. The number of benzene rings is 3. The first-order chi connectivity index (χ1) is 12.6. The molecule has 3 rings (SSSR count). The maximum atomic E-state index is 13.7. The van der Waals surface area contributed by atoms with Gasteiger partial charge in [0.25, 0.3) is 5.91 Å². The fraction of sp³-hybridized carbons (Fsp3) is 0.0500. The Bertz CT molecular complexity index is 890. The summed E-state index contributed by atoms with van der Waals surface area (Å²) < 4.78 is 32.4. The van der Waals surface area contributed by atoms with Gasteiger partial charge in [0.2, 0.25) is 0 Å². The van der Waals surface area contributed by atoms with E-state index < -0.39 is 11.6 Å². The molecular weight excluding hydrogens is 338 g/mol. The van der Waals surface area contributed by atoms with Crippen LogP contribution in [0.3, 0.4) is 0 Å². The number of hydrogen-bond donors (Lipinski definition) is 2. The molecule has 3 aromatic carbocycles. The van der Waals surface area contributed by atoms with Crippen LogP contribution in [0.15, 0.2) is 66.7 Å². The van der Waals surface area contributed by atoms with Gasteiger partial charge < -0.3 is 15.4 Å². The molecule has 0 spiro atoms. The quantitative estimate of drug-likeness (QED) is 0.680. The van der Waals surface area contributed by atoms with Gasteiger partial charge in [0.05, 0.1) is 7.11 Å². The third-order valence-electron chi connectivity index (χ3n) is 3.73. The number of ether oxygens (including phenoxy) is 1. The molecule has 26 heavy (non-hydrogen) atoms. The van der Waals surface area contributed by atoms with E-state index in [1.54, 1.807) is 55.6 Å². The predicted octanol–water partition coefficient (Wildman–Crippen LogP) is 4.97. The minimum atomic E-state index is -0.679.